The molecule has 0 saturated heterocycles. The first kappa shape index (κ1) is 21.8. The molecule has 1 amide bonds. The fourth-order valence-corrected chi connectivity index (χ4v) is 3.35. The number of halogens is 3. The van der Waals surface area contributed by atoms with Crippen molar-refractivity contribution in [1.82, 2.24) is 10.3 Å². The molecule has 0 unspecified atom stereocenters. The third-order valence-electron chi connectivity index (χ3n) is 4.39. The maximum Gasteiger partial charge on any atom is 0.258 e. The highest BCUT2D eigenvalue weighted by molar-refractivity contribution is 6.35. The number of nitrogens with zero attached hydrogens (tertiary/aromatic N) is 1. The Bertz CT molecular complexity index is 721. The van der Waals surface area contributed by atoms with Crippen LogP contribution in [-0.2, 0) is 4.79 Å². The van der Waals surface area contributed by atoms with E-state index in [-0.39, 0.29) is 42.9 Å². The quantitative estimate of drug-likeness (QED) is 0.796. The van der Waals surface area contributed by atoms with Gasteiger partial charge < -0.3 is 15.8 Å². The van der Waals surface area contributed by atoms with Gasteiger partial charge in [0.25, 0.3) is 5.91 Å². The van der Waals surface area contributed by atoms with E-state index in [0.717, 1.165) is 31.1 Å². The molecule has 8 heteroatoms. The van der Waals surface area contributed by atoms with Gasteiger partial charge in [0.2, 0.25) is 0 Å². The molecule has 1 aliphatic carbocycles. The van der Waals surface area contributed by atoms with Crippen LogP contribution in [0, 0.1) is 0 Å². The van der Waals surface area contributed by atoms with Crippen molar-refractivity contribution in [2.24, 2.45) is 5.73 Å². The van der Waals surface area contributed by atoms with Crippen LogP contribution >= 0.6 is 36.4 Å². The lowest BCUT2D eigenvalue weighted by atomic mass is 9.98. The number of aromatic nitrogens is 1. The van der Waals surface area contributed by atoms with Gasteiger partial charge in [0.1, 0.15) is 11.3 Å². The third kappa shape index (κ3) is 4.88. The molecule has 0 aliphatic heterocycles. The molecule has 0 bridgehead atoms. The number of amides is 1. The summed E-state index contributed by atoms with van der Waals surface area (Å²) >= 11 is 6.15. The van der Waals surface area contributed by atoms with Crippen LogP contribution in [0.4, 0.5) is 0 Å². The predicted molar refractivity (Wildman–Crippen MR) is 105 cm³/mol. The van der Waals surface area contributed by atoms with E-state index in [2.05, 4.69) is 10.3 Å². The summed E-state index contributed by atoms with van der Waals surface area (Å²) in [6.07, 6.45) is 5.74. The number of nitrogens with two attached hydrogens (primary N) is 1. The van der Waals surface area contributed by atoms with E-state index in [1.807, 2.05) is 12.1 Å². The largest absolute Gasteiger partial charge is 0.481 e. The van der Waals surface area contributed by atoms with Gasteiger partial charge in [-0.15, -0.1) is 24.8 Å². The molecular formula is C17H22Cl3N3O2. The van der Waals surface area contributed by atoms with Crippen molar-refractivity contribution in [2.45, 2.75) is 31.2 Å². The number of ether oxygens (including phenoxy) is 1. The van der Waals surface area contributed by atoms with Gasteiger partial charge in [0.05, 0.1) is 10.6 Å². The van der Waals surface area contributed by atoms with Crippen molar-refractivity contribution in [3.05, 3.63) is 35.5 Å². The minimum atomic E-state index is -0.263. The maximum absolute atomic E-state index is 12.2. The van der Waals surface area contributed by atoms with Gasteiger partial charge in [0.15, 0.2) is 6.61 Å². The van der Waals surface area contributed by atoms with Crippen molar-refractivity contribution in [2.75, 3.05) is 13.2 Å². The van der Waals surface area contributed by atoms with Gasteiger partial charge in [-0.3, -0.25) is 9.78 Å². The summed E-state index contributed by atoms with van der Waals surface area (Å²) < 4.78 is 5.66. The molecule has 0 atom stereocenters. The molecule has 25 heavy (non-hydrogen) atoms. The topological polar surface area (TPSA) is 77.2 Å². The monoisotopic (exact) mass is 405 g/mol. The Morgan fingerprint density at radius 3 is 2.68 bits per heavy atom. The van der Waals surface area contributed by atoms with Crippen LogP contribution < -0.4 is 15.8 Å². The molecule has 5 nitrogen and oxygen atoms in total. The van der Waals surface area contributed by atoms with E-state index < -0.39 is 0 Å². The summed E-state index contributed by atoms with van der Waals surface area (Å²) in [4.78, 5) is 16.5. The number of hydrogen-bond acceptors (Lipinski definition) is 4. The number of hydrogen-bond donors (Lipinski definition) is 2. The highest BCUT2D eigenvalue weighted by atomic mass is 35.5. The van der Waals surface area contributed by atoms with Crippen LogP contribution in [0.15, 0.2) is 30.5 Å². The summed E-state index contributed by atoms with van der Waals surface area (Å²) in [7, 11) is 0. The van der Waals surface area contributed by atoms with Crippen LogP contribution in [0.5, 0.6) is 5.75 Å². The Morgan fingerprint density at radius 2 is 2.00 bits per heavy atom. The zero-order chi connectivity index (χ0) is 16.3. The van der Waals surface area contributed by atoms with E-state index in [1.54, 1.807) is 18.3 Å². The second-order valence-electron chi connectivity index (χ2n) is 5.97. The van der Waals surface area contributed by atoms with Crippen molar-refractivity contribution in [3.8, 4) is 5.75 Å². The minimum absolute atomic E-state index is 0. The van der Waals surface area contributed by atoms with E-state index in [4.69, 9.17) is 22.1 Å². The Labute approximate surface area is 164 Å². The average molecular weight is 407 g/mol. The molecule has 1 saturated carbocycles. The molecule has 0 spiro atoms. The van der Waals surface area contributed by atoms with Crippen molar-refractivity contribution in [1.29, 1.82) is 0 Å². The number of rotatable bonds is 5. The summed E-state index contributed by atoms with van der Waals surface area (Å²) in [6.45, 7) is 0.402. The second kappa shape index (κ2) is 9.43. The summed E-state index contributed by atoms with van der Waals surface area (Å²) in [5, 5.41) is 4.45. The fraction of sp³-hybridized carbons (Fsp3) is 0.412. The van der Waals surface area contributed by atoms with Crippen LogP contribution in [0.3, 0.4) is 0 Å². The van der Waals surface area contributed by atoms with Crippen LogP contribution in [0.25, 0.3) is 10.9 Å². The molecule has 1 aromatic carbocycles. The Kier molecular flexibility index (Phi) is 8.22. The van der Waals surface area contributed by atoms with Gasteiger partial charge in [-0.05, 0) is 37.1 Å². The molecule has 138 valence electrons. The summed E-state index contributed by atoms with van der Waals surface area (Å²) in [5.41, 5.74) is 6.23. The van der Waals surface area contributed by atoms with Crippen LogP contribution in [0.1, 0.15) is 25.7 Å². The lowest BCUT2D eigenvalue weighted by Crippen LogP contribution is -2.52. The lowest BCUT2D eigenvalue weighted by molar-refractivity contribution is -0.124. The molecule has 2 aromatic rings. The zero-order valence-corrected chi connectivity index (χ0v) is 16.1. The molecule has 3 N–H and O–H groups in total. The second-order valence-corrected chi connectivity index (χ2v) is 6.38. The van der Waals surface area contributed by atoms with Crippen molar-refractivity contribution >= 4 is 53.2 Å². The molecule has 1 aromatic heterocycles. The predicted octanol–water partition coefficient (Wildman–Crippen LogP) is 3.50. The Hall–Kier alpha value is -1.27. The molecule has 0 radical (unpaired) electrons. The minimum Gasteiger partial charge on any atom is -0.481 e. The van der Waals surface area contributed by atoms with E-state index in [1.165, 1.54) is 0 Å². The summed E-state index contributed by atoms with van der Waals surface area (Å²) in [5.74, 6) is 0.393. The number of fused-ring (bicyclic) bond motifs is 1. The zero-order valence-electron chi connectivity index (χ0n) is 13.7. The highest BCUT2D eigenvalue weighted by Crippen LogP contribution is 2.30. The Morgan fingerprint density at radius 1 is 1.28 bits per heavy atom. The molecule has 1 aliphatic rings. The molecule has 1 fully saturated rings. The van der Waals surface area contributed by atoms with Gasteiger partial charge in [0, 0.05) is 18.1 Å². The first-order valence-corrected chi connectivity index (χ1v) is 8.18. The lowest BCUT2D eigenvalue weighted by Gasteiger charge is -2.28. The standard InChI is InChI=1S/C17H20ClN3O2.2ClH/c18-13-5-6-14(16-12(13)4-3-9-20-16)23-10-15(22)21-17(11-19)7-1-2-8-17;;/h3-6,9H,1-2,7-8,10-11,19H2,(H,21,22);2*1H. The number of carbonyl (C=O) groups excluding carboxylic acids is 1. The first-order valence-electron chi connectivity index (χ1n) is 7.81. The fourth-order valence-electron chi connectivity index (χ4n) is 3.14. The van der Waals surface area contributed by atoms with Crippen molar-refractivity contribution in [3.63, 3.8) is 0 Å². The summed E-state index contributed by atoms with van der Waals surface area (Å²) in [6, 6.07) is 7.17. The van der Waals surface area contributed by atoms with E-state index in [9.17, 15) is 4.79 Å². The number of nitrogens with one attached hydrogen (secondary N) is 1. The van der Waals surface area contributed by atoms with Crippen LogP contribution in [-0.4, -0.2) is 29.6 Å². The number of carbonyl (C=O) groups is 1. The van der Waals surface area contributed by atoms with Gasteiger partial charge >= 0.3 is 0 Å². The van der Waals surface area contributed by atoms with E-state index >= 15 is 0 Å². The SMILES string of the molecule is Cl.Cl.NCC1(NC(=O)COc2ccc(Cl)c3cccnc23)CCCC1. The maximum atomic E-state index is 12.2. The van der Waals surface area contributed by atoms with Gasteiger partial charge in [-0.2, -0.15) is 0 Å². The van der Waals surface area contributed by atoms with Gasteiger partial charge in [-0.25, -0.2) is 0 Å². The van der Waals surface area contributed by atoms with Crippen LogP contribution in [0.2, 0.25) is 5.02 Å². The third-order valence-corrected chi connectivity index (χ3v) is 4.72. The highest BCUT2D eigenvalue weighted by Gasteiger charge is 2.33. The molecule has 1 heterocycles. The Balaban J connectivity index is 0.00000156. The molecule has 3 rings (SSSR count). The normalized spacial score (nSPS) is 15.1. The number of pyridine rings is 1. The average Bonchev–Trinajstić information content (AvgIpc) is 3.03. The van der Waals surface area contributed by atoms with Gasteiger partial charge in [-0.1, -0.05) is 24.4 Å². The van der Waals surface area contributed by atoms with E-state index in [0.29, 0.717) is 22.8 Å². The first-order chi connectivity index (χ1) is 11.1. The smallest absolute Gasteiger partial charge is 0.258 e. The van der Waals surface area contributed by atoms with Crippen molar-refractivity contribution < 1.29 is 9.53 Å². The molecular weight excluding hydrogens is 385 g/mol. The number of benzene rings is 1.